The van der Waals surface area contributed by atoms with Crippen molar-refractivity contribution in [2.45, 2.75) is 71.7 Å². The predicted molar refractivity (Wildman–Crippen MR) is 149 cm³/mol. The van der Waals surface area contributed by atoms with Gasteiger partial charge in [0.05, 0.1) is 31.8 Å². The van der Waals surface area contributed by atoms with Crippen molar-refractivity contribution in [3.63, 3.8) is 0 Å². The zero-order valence-corrected chi connectivity index (χ0v) is 25.0. The van der Waals surface area contributed by atoms with Gasteiger partial charge in [-0.1, -0.05) is 39.8 Å². The number of ether oxygens (including phenoxy) is 1. The zero-order chi connectivity index (χ0) is 29.3. The second-order valence-electron chi connectivity index (χ2n) is 9.68. The summed E-state index contributed by atoms with van der Waals surface area (Å²) < 4.78 is 30.9. The summed E-state index contributed by atoms with van der Waals surface area (Å²) in [5, 5.41) is 10.1. The van der Waals surface area contributed by atoms with Crippen LogP contribution in [0.15, 0.2) is 23.9 Å². The molecule has 6 atom stereocenters. The summed E-state index contributed by atoms with van der Waals surface area (Å²) in [6.45, 7) is 8.28. The van der Waals surface area contributed by atoms with E-state index in [-0.39, 0.29) is 24.3 Å². The van der Waals surface area contributed by atoms with Gasteiger partial charge in [0.1, 0.15) is 29.9 Å². The minimum Gasteiger partial charge on any atom is -0.456 e. The molecule has 2 aliphatic heterocycles. The summed E-state index contributed by atoms with van der Waals surface area (Å²) in [4.78, 5) is 65.5. The largest absolute Gasteiger partial charge is 0.456 e. The Morgan fingerprint density at radius 3 is 2.23 bits per heavy atom. The van der Waals surface area contributed by atoms with Crippen LogP contribution in [0.1, 0.15) is 47.5 Å². The quantitative estimate of drug-likeness (QED) is 0.147. The standard InChI is InChI=1S/C24H36N4O8S3/c1-6-16-21(30)28-20(14(4)5)24(33)36-15-9-7-8-10-38(34)37-39(35)12-17(22(31)25-16)26-23(32)19(13(2)3)27-18(29)11-15/h6-7,9,13-15,17,19-20H,8,10-12H2,1-5H3,(H,25,31)(H,26,32)(H,27,29)(H,28,30)/b9-7+,16-6-/t15-,17-,19-,20+,38?,39?/m1/s1. The Kier molecular flexibility index (Phi) is 12.8. The third kappa shape index (κ3) is 10.2. The highest BCUT2D eigenvalue weighted by atomic mass is 33.5. The normalized spacial score (nSPS) is 32.4. The third-order valence-corrected chi connectivity index (χ3v) is 11.8. The molecule has 1 saturated heterocycles. The smallest absolute Gasteiger partial charge is 0.329 e. The van der Waals surface area contributed by atoms with Gasteiger partial charge >= 0.3 is 5.97 Å². The lowest BCUT2D eigenvalue weighted by Gasteiger charge is -2.28. The third-order valence-electron chi connectivity index (χ3n) is 5.81. The topological polar surface area (TPSA) is 177 Å². The van der Waals surface area contributed by atoms with Gasteiger partial charge in [0.2, 0.25) is 17.7 Å². The van der Waals surface area contributed by atoms with Crippen molar-refractivity contribution >= 4 is 59.1 Å². The van der Waals surface area contributed by atoms with Gasteiger partial charge < -0.3 is 26.0 Å². The van der Waals surface area contributed by atoms with E-state index in [1.807, 2.05) is 0 Å². The number of rotatable bonds is 2. The van der Waals surface area contributed by atoms with Gasteiger partial charge in [-0.2, -0.15) is 0 Å². The molecule has 15 heteroatoms. The van der Waals surface area contributed by atoms with Gasteiger partial charge in [-0.25, -0.2) is 13.2 Å². The highest BCUT2D eigenvalue weighted by molar-refractivity contribution is 9.01. The summed E-state index contributed by atoms with van der Waals surface area (Å²) >= 11 is 0. The molecule has 2 aliphatic rings. The fraction of sp³-hybridized carbons (Fsp3) is 0.625. The van der Waals surface area contributed by atoms with Crippen molar-refractivity contribution in [3.05, 3.63) is 23.9 Å². The summed E-state index contributed by atoms with van der Waals surface area (Å²) in [5.41, 5.74) is -0.196. The maximum absolute atomic E-state index is 13.2. The molecule has 4 N–H and O–H groups in total. The van der Waals surface area contributed by atoms with Crippen LogP contribution in [0.4, 0.5) is 0 Å². The fourth-order valence-electron chi connectivity index (χ4n) is 3.66. The molecule has 218 valence electrons. The van der Waals surface area contributed by atoms with Crippen LogP contribution in [0.2, 0.25) is 0 Å². The number of amides is 4. The molecular formula is C24H36N4O8S3. The second-order valence-corrected chi connectivity index (χ2v) is 15.6. The molecule has 0 saturated carbocycles. The number of hydrogen-bond acceptors (Lipinski definition) is 9. The van der Waals surface area contributed by atoms with E-state index in [2.05, 4.69) is 21.3 Å². The number of esters is 1. The van der Waals surface area contributed by atoms with Crippen LogP contribution in [0, 0.1) is 11.8 Å². The fourth-order valence-corrected chi connectivity index (χ4v) is 9.00. The molecule has 0 aromatic heterocycles. The Hall–Kier alpha value is -2.52. The average Bonchev–Trinajstić information content (AvgIpc) is 2.84. The lowest BCUT2D eigenvalue weighted by Crippen LogP contribution is -2.57. The molecular weight excluding hydrogens is 568 g/mol. The SMILES string of the molecule is C/C=C1\NC(=O)[C@H]2CS(=O)SS(=O)CC/C=C/[C@H](CC(=O)N[C@H](C(C)C)C(=O)N2)OC(=O)[C@H](C(C)C)NC1=O. The number of hydrogen-bond donors (Lipinski definition) is 4. The minimum atomic E-state index is -1.85. The lowest BCUT2D eigenvalue weighted by atomic mass is 10.0. The number of allylic oxidation sites excluding steroid dienone is 2. The Bertz CT molecular complexity index is 1080. The molecule has 0 radical (unpaired) electrons. The van der Waals surface area contributed by atoms with Crippen molar-refractivity contribution in [2.24, 2.45) is 11.8 Å². The predicted octanol–water partition coefficient (Wildman–Crippen LogP) is 0.109. The summed E-state index contributed by atoms with van der Waals surface area (Å²) in [5.74, 6) is -4.80. The maximum Gasteiger partial charge on any atom is 0.329 e. The first-order valence-corrected chi connectivity index (χ1v) is 17.0. The van der Waals surface area contributed by atoms with Crippen LogP contribution < -0.4 is 21.3 Å². The maximum atomic E-state index is 13.2. The molecule has 0 aromatic rings. The molecule has 1 fully saturated rings. The van der Waals surface area contributed by atoms with Gasteiger partial charge in [0.15, 0.2) is 0 Å². The van der Waals surface area contributed by atoms with E-state index in [0.717, 1.165) is 0 Å². The molecule has 0 aliphatic carbocycles. The van der Waals surface area contributed by atoms with E-state index in [1.54, 1.807) is 33.8 Å². The number of carbonyl (C=O) groups excluding carboxylic acids is 5. The number of fused-ring (bicyclic) bond motifs is 7. The van der Waals surface area contributed by atoms with Crippen LogP contribution in [-0.4, -0.2) is 73.8 Å². The molecule has 2 bridgehead atoms. The Morgan fingerprint density at radius 2 is 1.62 bits per heavy atom. The molecule has 0 aromatic carbocycles. The van der Waals surface area contributed by atoms with Crippen molar-refractivity contribution < 1.29 is 37.1 Å². The first kappa shape index (κ1) is 32.7. The average molecular weight is 605 g/mol. The van der Waals surface area contributed by atoms with Gasteiger partial charge in [0.25, 0.3) is 5.91 Å². The summed E-state index contributed by atoms with van der Waals surface area (Å²) in [7, 11) is -2.79. The molecule has 39 heavy (non-hydrogen) atoms. The van der Waals surface area contributed by atoms with E-state index >= 15 is 0 Å². The van der Waals surface area contributed by atoms with Crippen LogP contribution in [0.25, 0.3) is 0 Å². The monoisotopic (exact) mass is 604 g/mol. The van der Waals surface area contributed by atoms with Gasteiger partial charge in [-0.3, -0.25) is 19.2 Å². The van der Waals surface area contributed by atoms with Gasteiger partial charge in [-0.15, -0.1) is 0 Å². The summed E-state index contributed by atoms with van der Waals surface area (Å²) in [6.07, 6.45) is 3.32. The number of nitrogens with one attached hydrogen (secondary N) is 4. The van der Waals surface area contributed by atoms with E-state index < -0.39 is 91.1 Å². The van der Waals surface area contributed by atoms with E-state index in [4.69, 9.17) is 4.74 Å². The van der Waals surface area contributed by atoms with E-state index in [1.165, 1.54) is 19.1 Å². The van der Waals surface area contributed by atoms with Crippen molar-refractivity contribution in [1.29, 1.82) is 0 Å². The van der Waals surface area contributed by atoms with Crippen molar-refractivity contribution in [1.82, 2.24) is 21.3 Å². The Balaban J connectivity index is 2.65. The van der Waals surface area contributed by atoms with Crippen LogP contribution >= 0.6 is 9.83 Å². The van der Waals surface area contributed by atoms with Crippen LogP contribution in [0.3, 0.4) is 0 Å². The second kappa shape index (κ2) is 15.3. The van der Waals surface area contributed by atoms with Crippen molar-refractivity contribution in [3.8, 4) is 0 Å². The summed E-state index contributed by atoms with van der Waals surface area (Å²) in [6, 6.07) is -3.56. The number of carbonyl (C=O) groups is 5. The molecule has 2 heterocycles. The lowest BCUT2D eigenvalue weighted by molar-refractivity contribution is -0.153. The molecule has 2 rings (SSSR count). The molecule has 2 unspecified atom stereocenters. The van der Waals surface area contributed by atoms with Gasteiger partial charge in [-0.05, 0) is 31.3 Å². The minimum absolute atomic E-state index is 0.117. The van der Waals surface area contributed by atoms with Crippen LogP contribution in [0.5, 0.6) is 0 Å². The van der Waals surface area contributed by atoms with E-state index in [9.17, 15) is 32.4 Å². The molecule has 4 amide bonds. The molecule has 12 nitrogen and oxygen atoms in total. The Morgan fingerprint density at radius 1 is 0.949 bits per heavy atom. The highest BCUT2D eigenvalue weighted by Gasteiger charge is 2.34. The van der Waals surface area contributed by atoms with Crippen molar-refractivity contribution in [2.75, 3.05) is 11.5 Å². The first-order valence-electron chi connectivity index (χ1n) is 12.5. The van der Waals surface area contributed by atoms with E-state index in [0.29, 0.717) is 9.83 Å². The van der Waals surface area contributed by atoms with Gasteiger partial charge in [0, 0.05) is 15.6 Å². The first-order chi connectivity index (χ1) is 18.3. The molecule has 0 spiro atoms. The van der Waals surface area contributed by atoms with Crippen LogP contribution in [-0.2, 0) is 48.4 Å². The Labute approximate surface area is 236 Å². The highest BCUT2D eigenvalue weighted by Crippen LogP contribution is 2.18. The zero-order valence-electron chi connectivity index (χ0n) is 22.5.